The molecule has 0 spiro atoms. The summed E-state index contributed by atoms with van der Waals surface area (Å²) in [6, 6.07) is 0. The monoisotopic (exact) mass is 843 g/mol. The van der Waals surface area contributed by atoms with Gasteiger partial charge in [0.15, 0.2) is 6.10 Å². The first-order valence-corrected chi connectivity index (χ1v) is 24.0. The molecule has 0 fully saturated rings. The fourth-order valence-corrected chi connectivity index (χ4v) is 5.86. The third kappa shape index (κ3) is 46.7. The van der Waals surface area contributed by atoms with Crippen LogP contribution in [0.15, 0.2) is 122 Å². The first-order valence-electron chi connectivity index (χ1n) is 24.0. The molecule has 61 heavy (non-hydrogen) atoms. The van der Waals surface area contributed by atoms with Crippen LogP contribution in [0.25, 0.3) is 0 Å². The van der Waals surface area contributed by atoms with Crippen molar-refractivity contribution in [3.8, 4) is 0 Å². The molecule has 0 aromatic rings. The van der Waals surface area contributed by atoms with Crippen LogP contribution in [0, 0.1) is 0 Å². The standard InChI is InChI=1S/C55H86O6/c1-4-7-10-13-16-19-22-24-26-27-29-30-33-36-39-42-45-48-54(57)60-51-52(50-59-53(56)47-44-41-38-35-32-21-18-15-12-9-6-3)61-55(58)49-46-43-40-37-34-31-28-25-23-20-17-14-11-8-5-2/h7-8,10-11,15-20,24-26,28-30,34,36-37,39,52H,4-6,9,12-14,21-23,27,31-33,35,38,40-51H2,1-3H3/b10-7-,11-8-,18-15-,19-16-,20-17-,26-24-,28-25-,30-29-,37-34-,39-36-/t52-/m0/s1. The molecule has 6 heteroatoms. The zero-order valence-electron chi connectivity index (χ0n) is 38.9. The van der Waals surface area contributed by atoms with Crippen LogP contribution in [-0.2, 0) is 28.6 Å². The van der Waals surface area contributed by atoms with Gasteiger partial charge in [0.1, 0.15) is 13.2 Å². The number of esters is 3. The molecule has 6 nitrogen and oxygen atoms in total. The minimum Gasteiger partial charge on any atom is -0.462 e. The number of carbonyl (C=O) groups is 3. The highest BCUT2D eigenvalue weighted by molar-refractivity contribution is 5.71. The van der Waals surface area contributed by atoms with E-state index in [1.54, 1.807) is 0 Å². The molecule has 342 valence electrons. The molecule has 0 amide bonds. The summed E-state index contributed by atoms with van der Waals surface area (Å²) in [6.07, 6.45) is 66.2. The van der Waals surface area contributed by atoms with Crippen LogP contribution < -0.4 is 0 Å². The van der Waals surface area contributed by atoms with Gasteiger partial charge < -0.3 is 14.2 Å². The number of rotatable bonds is 41. The van der Waals surface area contributed by atoms with Gasteiger partial charge in [0, 0.05) is 19.3 Å². The molecule has 1 atom stereocenters. The van der Waals surface area contributed by atoms with E-state index in [-0.39, 0.29) is 44.0 Å². The quantitative estimate of drug-likeness (QED) is 0.0264. The maximum atomic E-state index is 12.7. The highest BCUT2D eigenvalue weighted by atomic mass is 16.6. The fourth-order valence-electron chi connectivity index (χ4n) is 5.86. The Kier molecular flexibility index (Phi) is 45.1. The fraction of sp³-hybridized carbons (Fsp3) is 0.582. The zero-order valence-corrected chi connectivity index (χ0v) is 38.9. The van der Waals surface area contributed by atoms with Crippen LogP contribution >= 0.6 is 0 Å². The van der Waals surface area contributed by atoms with Crippen LogP contribution in [-0.4, -0.2) is 37.2 Å². The van der Waals surface area contributed by atoms with Gasteiger partial charge in [0.2, 0.25) is 0 Å². The van der Waals surface area contributed by atoms with E-state index in [1.165, 1.54) is 25.7 Å². The average Bonchev–Trinajstić information content (AvgIpc) is 3.26. The summed E-state index contributed by atoms with van der Waals surface area (Å²) in [5.41, 5.74) is 0. The Morgan fingerprint density at radius 3 is 1.11 bits per heavy atom. The molecule has 0 saturated carbocycles. The summed E-state index contributed by atoms with van der Waals surface area (Å²) in [5, 5.41) is 0. The highest BCUT2D eigenvalue weighted by Gasteiger charge is 2.19. The number of ether oxygens (including phenoxy) is 3. The van der Waals surface area contributed by atoms with Crippen molar-refractivity contribution in [1.29, 1.82) is 0 Å². The molecular formula is C55H86O6. The molecule has 0 aromatic carbocycles. The van der Waals surface area contributed by atoms with Gasteiger partial charge in [0.25, 0.3) is 0 Å². The minimum absolute atomic E-state index is 0.121. The Labute approximate surface area is 373 Å². The molecule has 0 radical (unpaired) electrons. The third-order valence-corrected chi connectivity index (χ3v) is 9.43. The molecule has 0 heterocycles. The van der Waals surface area contributed by atoms with Gasteiger partial charge in [-0.15, -0.1) is 0 Å². The van der Waals surface area contributed by atoms with Crippen LogP contribution in [0.3, 0.4) is 0 Å². The summed E-state index contributed by atoms with van der Waals surface area (Å²) in [6.45, 7) is 6.25. The molecule has 0 aliphatic carbocycles. The van der Waals surface area contributed by atoms with E-state index in [1.807, 2.05) is 0 Å². The van der Waals surface area contributed by atoms with E-state index in [4.69, 9.17) is 14.2 Å². The first-order chi connectivity index (χ1) is 30.0. The lowest BCUT2D eigenvalue weighted by Crippen LogP contribution is -2.30. The number of hydrogen-bond acceptors (Lipinski definition) is 6. The smallest absolute Gasteiger partial charge is 0.306 e. The lowest BCUT2D eigenvalue weighted by Gasteiger charge is -2.18. The van der Waals surface area contributed by atoms with E-state index >= 15 is 0 Å². The van der Waals surface area contributed by atoms with Gasteiger partial charge in [-0.1, -0.05) is 174 Å². The lowest BCUT2D eigenvalue weighted by atomic mass is 10.1. The predicted octanol–water partition coefficient (Wildman–Crippen LogP) is 15.7. The average molecular weight is 843 g/mol. The summed E-state index contributed by atoms with van der Waals surface area (Å²) >= 11 is 0. The molecule has 0 unspecified atom stereocenters. The van der Waals surface area contributed by atoms with Crippen molar-refractivity contribution in [3.63, 3.8) is 0 Å². The largest absolute Gasteiger partial charge is 0.462 e. The van der Waals surface area contributed by atoms with Crippen molar-refractivity contribution in [2.45, 2.75) is 194 Å². The van der Waals surface area contributed by atoms with Gasteiger partial charge in [-0.25, -0.2) is 0 Å². The van der Waals surface area contributed by atoms with E-state index in [0.717, 1.165) is 109 Å². The summed E-state index contributed by atoms with van der Waals surface area (Å²) in [7, 11) is 0. The van der Waals surface area contributed by atoms with Crippen molar-refractivity contribution < 1.29 is 28.6 Å². The molecule has 0 aromatic heterocycles. The second kappa shape index (κ2) is 48.5. The van der Waals surface area contributed by atoms with Crippen molar-refractivity contribution in [2.24, 2.45) is 0 Å². The second-order valence-electron chi connectivity index (χ2n) is 15.2. The molecule has 0 aliphatic heterocycles. The maximum Gasteiger partial charge on any atom is 0.306 e. The Morgan fingerprint density at radius 2 is 0.656 bits per heavy atom. The van der Waals surface area contributed by atoms with Crippen LogP contribution in [0.5, 0.6) is 0 Å². The Morgan fingerprint density at radius 1 is 0.344 bits per heavy atom. The summed E-state index contributed by atoms with van der Waals surface area (Å²) in [5.74, 6) is -1.05. The lowest BCUT2D eigenvalue weighted by molar-refractivity contribution is -0.167. The first kappa shape index (κ1) is 56.8. The van der Waals surface area contributed by atoms with E-state index in [2.05, 4.69) is 142 Å². The second-order valence-corrected chi connectivity index (χ2v) is 15.2. The van der Waals surface area contributed by atoms with E-state index < -0.39 is 6.10 Å². The zero-order chi connectivity index (χ0) is 44.4. The topological polar surface area (TPSA) is 78.9 Å². The van der Waals surface area contributed by atoms with Gasteiger partial charge >= 0.3 is 17.9 Å². The number of allylic oxidation sites excluding steroid dienone is 20. The summed E-state index contributed by atoms with van der Waals surface area (Å²) < 4.78 is 16.6. The van der Waals surface area contributed by atoms with E-state index in [0.29, 0.717) is 19.3 Å². The predicted molar refractivity (Wildman–Crippen MR) is 260 cm³/mol. The van der Waals surface area contributed by atoms with Crippen molar-refractivity contribution in [3.05, 3.63) is 122 Å². The van der Waals surface area contributed by atoms with Crippen LogP contribution in [0.1, 0.15) is 188 Å². The third-order valence-electron chi connectivity index (χ3n) is 9.43. The molecule has 0 aliphatic rings. The highest BCUT2D eigenvalue weighted by Crippen LogP contribution is 2.11. The summed E-state index contributed by atoms with van der Waals surface area (Å²) in [4.78, 5) is 37.8. The normalized spacial score (nSPS) is 13.2. The van der Waals surface area contributed by atoms with E-state index in [9.17, 15) is 14.4 Å². The molecule has 0 N–H and O–H groups in total. The number of carbonyl (C=O) groups excluding carboxylic acids is 3. The van der Waals surface area contributed by atoms with Crippen molar-refractivity contribution in [2.75, 3.05) is 13.2 Å². The van der Waals surface area contributed by atoms with Gasteiger partial charge in [-0.3, -0.25) is 14.4 Å². The van der Waals surface area contributed by atoms with Gasteiger partial charge in [-0.2, -0.15) is 0 Å². The Balaban J connectivity index is 4.58. The Bertz CT molecular complexity index is 1340. The number of hydrogen-bond donors (Lipinski definition) is 0. The maximum absolute atomic E-state index is 12.7. The van der Waals surface area contributed by atoms with Crippen molar-refractivity contribution >= 4 is 17.9 Å². The van der Waals surface area contributed by atoms with Gasteiger partial charge in [0.05, 0.1) is 0 Å². The van der Waals surface area contributed by atoms with Gasteiger partial charge in [-0.05, 0) is 116 Å². The molecule has 0 saturated heterocycles. The molecule has 0 rings (SSSR count). The minimum atomic E-state index is -0.828. The molecule has 0 bridgehead atoms. The Hall–Kier alpha value is -4.19. The van der Waals surface area contributed by atoms with Crippen LogP contribution in [0.2, 0.25) is 0 Å². The number of unbranched alkanes of at least 4 members (excludes halogenated alkanes) is 10. The SMILES string of the molecule is CC/C=C\C/C=C\C/C=C\C/C=C\C/C=C\CCCC(=O)OC[C@H](COC(=O)CCCCCCC/C=C\CCCC)OC(=O)CCCC/C=C\C/C=C\C/C=C\C/C=C\CC. The molecular weight excluding hydrogens is 757 g/mol. The van der Waals surface area contributed by atoms with Crippen LogP contribution in [0.4, 0.5) is 0 Å². The van der Waals surface area contributed by atoms with Crippen molar-refractivity contribution in [1.82, 2.24) is 0 Å².